The monoisotopic (exact) mass is 291 g/mol. The van der Waals surface area contributed by atoms with Gasteiger partial charge in [0.1, 0.15) is 5.82 Å². The van der Waals surface area contributed by atoms with Gasteiger partial charge in [-0.1, -0.05) is 0 Å². The molecule has 7 heteroatoms. The van der Waals surface area contributed by atoms with Crippen molar-refractivity contribution in [3.63, 3.8) is 0 Å². The number of benzene rings is 1. The summed E-state index contributed by atoms with van der Waals surface area (Å²) in [4.78, 5) is 26.2. The van der Waals surface area contributed by atoms with Gasteiger partial charge in [-0.15, -0.1) is 0 Å². The molecule has 0 aliphatic heterocycles. The van der Waals surface area contributed by atoms with Gasteiger partial charge in [0.05, 0.1) is 11.3 Å². The molecule has 0 saturated heterocycles. The number of amides is 2. The highest BCUT2D eigenvalue weighted by molar-refractivity contribution is 6.04. The largest absolute Gasteiger partial charge is 0.326 e. The first-order chi connectivity index (χ1) is 9.97. The van der Waals surface area contributed by atoms with Crippen LogP contribution in [0.25, 0.3) is 0 Å². The van der Waals surface area contributed by atoms with Gasteiger partial charge in [-0.25, -0.2) is 9.37 Å². The van der Waals surface area contributed by atoms with Crippen LogP contribution >= 0.6 is 0 Å². The molecule has 108 valence electrons. The molecule has 2 aromatic rings. The van der Waals surface area contributed by atoms with Crippen LogP contribution in [0.1, 0.15) is 17.3 Å². The van der Waals surface area contributed by atoms with Crippen molar-refractivity contribution in [2.75, 3.05) is 10.6 Å². The molecule has 2 N–H and O–H groups in total. The van der Waals surface area contributed by atoms with Crippen LogP contribution in [-0.2, 0) is 4.79 Å². The van der Waals surface area contributed by atoms with Crippen molar-refractivity contribution in [2.45, 2.75) is 6.92 Å². The minimum absolute atomic E-state index is 0.172. The third kappa shape index (κ3) is 3.59. The van der Waals surface area contributed by atoms with Gasteiger partial charge in [0, 0.05) is 18.8 Å². The number of carbonyl (C=O) groups excluding carboxylic acids is 2. The van der Waals surface area contributed by atoms with Crippen molar-refractivity contribution in [2.24, 2.45) is 0 Å². The standard InChI is InChI=1S/C14H11F2N3O2/c1-8(20)18-9-4-5-11(15)12(7-9)19-14(21)10-3-2-6-17-13(10)16/h2-7H,1H3,(H,18,20)(H,19,21). The lowest BCUT2D eigenvalue weighted by Crippen LogP contribution is -2.16. The molecule has 0 unspecified atom stereocenters. The summed E-state index contributed by atoms with van der Waals surface area (Å²) < 4.78 is 27.0. The summed E-state index contributed by atoms with van der Waals surface area (Å²) in [5.41, 5.74) is -0.165. The van der Waals surface area contributed by atoms with E-state index in [1.807, 2.05) is 0 Å². The first-order valence-corrected chi connectivity index (χ1v) is 5.96. The van der Waals surface area contributed by atoms with Crippen LogP contribution in [0, 0.1) is 11.8 Å². The number of pyridine rings is 1. The van der Waals surface area contributed by atoms with Gasteiger partial charge in [-0.2, -0.15) is 4.39 Å². The van der Waals surface area contributed by atoms with Crippen molar-refractivity contribution in [3.05, 3.63) is 53.9 Å². The molecule has 0 spiro atoms. The van der Waals surface area contributed by atoms with Crippen LogP contribution in [0.15, 0.2) is 36.5 Å². The fourth-order valence-corrected chi connectivity index (χ4v) is 1.65. The van der Waals surface area contributed by atoms with Crippen molar-refractivity contribution in [1.82, 2.24) is 4.98 Å². The number of carbonyl (C=O) groups is 2. The van der Waals surface area contributed by atoms with E-state index in [0.717, 1.165) is 6.07 Å². The van der Waals surface area contributed by atoms with E-state index in [4.69, 9.17) is 0 Å². The summed E-state index contributed by atoms with van der Waals surface area (Å²) in [6.07, 6.45) is 1.20. The fourth-order valence-electron chi connectivity index (χ4n) is 1.65. The number of aromatic nitrogens is 1. The van der Waals surface area contributed by atoms with E-state index in [9.17, 15) is 18.4 Å². The highest BCUT2D eigenvalue weighted by atomic mass is 19.1. The molecule has 0 saturated carbocycles. The second kappa shape index (κ2) is 6.08. The quantitative estimate of drug-likeness (QED) is 0.854. The van der Waals surface area contributed by atoms with Gasteiger partial charge in [-0.3, -0.25) is 9.59 Å². The Morgan fingerprint density at radius 2 is 1.90 bits per heavy atom. The van der Waals surface area contributed by atoms with Crippen LogP contribution in [0.4, 0.5) is 20.2 Å². The molecule has 2 rings (SSSR count). The molecule has 0 aliphatic carbocycles. The Labute approximate surface area is 119 Å². The van der Waals surface area contributed by atoms with Gasteiger partial charge in [-0.05, 0) is 30.3 Å². The second-order valence-electron chi connectivity index (χ2n) is 4.17. The molecule has 0 radical (unpaired) electrons. The molecular weight excluding hydrogens is 280 g/mol. The predicted octanol–water partition coefficient (Wildman–Crippen LogP) is 2.57. The second-order valence-corrected chi connectivity index (χ2v) is 4.17. The first-order valence-electron chi connectivity index (χ1n) is 5.96. The van der Waals surface area contributed by atoms with Crippen LogP contribution in [0.5, 0.6) is 0 Å². The van der Waals surface area contributed by atoms with Crippen LogP contribution < -0.4 is 10.6 Å². The summed E-state index contributed by atoms with van der Waals surface area (Å²) in [6, 6.07) is 6.29. The Morgan fingerprint density at radius 3 is 2.57 bits per heavy atom. The zero-order chi connectivity index (χ0) is 15.4. The van der Waals surface area contributed by atoms with E-state index in [-0.39, 0.29) is 17.2 Å². The average molecular weight is 291 g/mol. The number of nitrogens with zero attached hydrogens (tertiary/aromatic N) is 1. The van der Waals surface area contributed by atoms with Gasteiger partial charge < -0.3 is 10.6 Å². The molecule has 1 heterocycles. The topological polar surface area (TPSA) is 71.1 Å². The van der Waals surface area contributed by atoms with E-state index in [1.54, 1.807) is 0 Å². The highest BCUT2D eigenvalue weighted by Crippen LogP contribution is 2.20. The van der Waals surface area contributed by atoms with Crippen molar-refractivity contribution < 1.29 is 18.4 Å². The number of anilines is 2. The zero-order valence-electron chi connectivity index (χ0n) is 11.0. The third-order valence-corrected chi connectivity index (χ3v) is 2.54. The zero-order valence-corrected chi connectivity index (χ0v) is 11.0. The van der Waals surface area contributed by atoms with Crippen LogP contribution in [0.2, 0.25) is 0 Å². The maximum absolute atomic E-state index is 13.6. The van der Waals surface area contributed by atoms with Gasteiger partial charge in [0.25, 0.3) is 5.91 Å². The number of rotatable bonds is 3. The summed E-state index contributed by atoms with van der Waals surface area (Å²) in [6.45, 7) is 1.30. The number of nitrogens with one attached hydrogen (secondary N) is 2. The third-order valence-electron chi connectivity index (χ3n) is 2.54. The Kier molecular flexibility index (Phi) is 4.22. The fraction of sp³-hybridized carbons (Fsp3) is 0.0714. The van der Waals surface area contributed by atoms with Crippen molar-refractivity contribution in [3.8, 4) is 0 Å². The van der Waals surface area contributed by atoms with E-state index in [2.05, 4.69) is 15.6 Å². The van der Waals surface area contributed by atoms with Gasteiger partial charge in [0.15, 0.2) is 0 Å². The first kappa shape index (κ1) is 14.6. The lowest BCUT2D eigenvalue weighted by atomic mass is 10.2. The molecule has 21 heavy (non-hydrogen) atoms. The SMILES string of the molecule is CC(=O)Nc1ccc(F)c(NC(=O)c2cccnc2F)c1. The molecule has 5 nitrogen and oxygen atoms in total. The number of hydrogen-bond donors (Lipinski definition) is 2. The maximum Gasteiger partial charge on any atom is 0.260 e. The van der Waals surface area contributed by atoms with E-state index >= 15 is 0 Å². The van der Waals surface area contributed by atoms with Crippen molar-refractivity contribution in [1.29, 1.82) is 0 Å². The van der Waals surface area contributed by atoms with Gasteiger partial charge in [0.2, 0.25) is 11.9 Å². The number of hydrogen-bond acceptors (Lipinski definition) is 3. The molecular formula is C14H11F2N3O2. The molecule has 0 aliphatic rings. The van der Waals surface area contributed by atoms with Crippen LogP contribution in [-0.4, -0.2) is 16.8 Å². The maximum atomic E-state index is 13.6. The average Bonchev–Trinajstić information content (AvgIpc) is 2.42. The molecule has 1 aromatic heterocycles. The summed E-state index contributed by atoms with van der Waals surface area (Å²) in [7, 11) is 0. The minimum atomic E-state index is -0.951. The van der Waals surface area contributed by atoms with E-state index in [1.165, 1.54) is 37.4 Å². The van der Waals surface area contributed by atoms with Crippen molar-refractivity contribution >= 4 is 23.2 Å². The Morgan fingerprint density at radius 1 is 1.14 bits per heavy atom. The Balaban J connectivity index is 2.24. The normalized spacial score (nSPS) is 10.0. The summed E-state index contributed by atoms with van der Waals surface area (Å²) in [5.74, 6) is -2.83. The molecule has 0 atom stereocenters. The Bertz CT molecular complexity index is 704. The molecule has 2 amide bonds. The molecule has 1 aromatic carbocycles. The van der Waals surface area contributed by atoms with Crippen LogP contribution in [0.3, 0.4) is 0 Å². The van der Waals surface area contributed by atoms with E-state index in [0.29, 0.717) is 5.69 Å². The lowest BCUT2D eigenvalue weighted by Gasteiger charge is -2.09. The molecule has 0 bridgehead atoms. The van der Waals surface area contributed by atoms with E-state index < -0.39 is 17.7 Å². The molecule has 0 fully saturated rings. The number of halogens is 2. The lowest BCUT2D eigenvalue weighted by molar-refractivity contribution is -0.114. The smallest absolute Gasteiger partial charge is 0.260 e. The van der Waals surface area contributed by atoms with Gasteiger partial charge >= 0.3 is 0 Å². The minimum Gasteiger partial charge on any atom is -0.326 e. The Hall–Kier alpha value is -2.83. The highest BCUT2D eigenvalue weighted by Gasteiger charge is 2.14. The summed E-state index contributed by atoms with van der Waals surface area (Å²) >= 11 is 0. The summed E-state index contributed by atoms with van der Waals surface area (Å²) in [5, 5.41) is 4.69. The predicted molar refractivity (Wildman–Crippen MR) is 72.9 cm³/mol.